The third-order valence-electron chi connectivity index (χ3n) is 7.34. The van der Waals surface area contributed by atoms with Crippen LogP contribution in [-0.4, -0.2) is 51.0 Å². The lowest BCUT2D eigenvalue weighted by molar-refractivity contribution is -0.128. The van der Waals surface area contributed by atoms with Crippen molar-refractivity contribution in [1.82, 2.24) is 24.4 Å². The Morgan fingerprint density at radius 3 is 2.70 bits per heavy atom. The number of aryl methyl sites for hydroxylation is 2. The van der Waals surface area contributed by atoms with E-state index < -0.39 is 11.9 Å². The quantitative estimate of drug-likeness (QED) is 0.201. The van der Waals surface area contributed by atoms with E-state index in [9.17, 15) is 4.79 Å². The third kappa shape index (κ3) is 6.43. The maximum atomic E-state index is 16.3. The van der Waals surface area contributed by atoms with E-state index in [-0.39, 0.29) is 18.1 Å². The van der Waals surface area contributed by atoms with Gasteiger partial charge in [0.05, 0.1) is 12.3 Å². The molecule has 10 heteroatoms. The lowest BCUT2D eigenvalue weighted by Gasteiger charge is -2.24. The van der Waals surface area contributed by atoms with Crippen molar-refractivity contribution in [3.63, 3.8) is 0 Å². The number of halogens is 1. The molecule has 0 saturated heterocycles. The van der Waals surface area contributed by atoms with E-state index in [4.69, 9.17) is 15.5 Å². The molecule has 0 radical (unpaired) electrons. The number of carbonyl (C=O) groups excluding carboxylic acids is 1. The third-order valence-corrected chi connectivity index (χ3v) is 7.34. The highest BCUT2D eigenvalue weighted by Crippen LogP contribution is 2.36. The fourth-order valence-corrected chi connectivity index (χ4v) is 5.03. The summed E-state index contributed by atoms with van der Waals surface area (Å²) in [6, 6.07) is 14.2. The van der Waals surface area contributed by atoms with E-state index in [0.717, 1.165) is 27.6 Å². The Morgan fingerprint density at radius 1 is 1.14 bits per heavy atom. The Balaban J connectivity index is 1.69. The van der Waals surface area contributed by atoms with Crippen LogP contribution in [0.2, 0.25) is 0 Å². The Labute approximate surface area is 250 Å². The fourth-order valence-electron chi connectivity index (χ4n) is 5.03. The first kappa shape index (κ1) is 29.5. The number of benzene rings is 2. The Morgan fingerprint density at radius 2 is 1.98 bits per heavy atom. The first-order valence-corrected chi connectivity index (χ1v) is 14.3. The number of pyridine rings is 2. The standard InChI is InChI=1S/C33H36FN7O2/c1-5-21-16-26(30(34)28(17-21)43-6-2)31(38-24-9-10-25-22(18-24)11-14-37-32(25)35)33-39-27(23-8-7-13-36-19-23)20-41(33)15-12-29(42)40(3)4/h7-11,13-14,16-20,31,38H,5-6,12,15H2,1-4H3,(H2,35,37). The molecule has 222 valence electrons. The van der Waals surface area contributed by atoms with Gasteiger partial charge in [-0.2, -0.15) is 0 Å². The van der Waals surface area contributed by atoms with Crippen molar-refractivity contribution >= 4 is 28.2 Å². The molecule has 3 heterocycles. The van der Waals surface area contributed by atoms with E-state index in [0.29, 0.717) is 42.5 Å². The van der Waals surface area contributed by atoms with Crippen molar-refractivity contribution in [2.75, 3.05) is 31.8 Å². The van der Waals surface area contributed by atoms with Gasteiger partial charge in [0.1, 0.15) is 17.7 Å². The molecule has 1 atom stereocenters. The van der Waals surface area contributed by atoms with Crippen molar-refractivity contribution in [2.24, 2.45) is 0 Å². The van der Waals surface area contributed by atoms with E-state index in [1.165, 1.54) is 0 Å². The summed E-state index contributed by atoms with van der Waals surface area (Å²) in [4.78, 5) is 27.6. The van der Waals surface area contributed by atoms with Gasteiger partial charge in [-0.1, -0.05) is 13.0 Å². The Hall–Kier alpha value is -4.99. The number of aromatic nitrogens is 4. The van der Waals surface area contributed by atoms with Gasteiger partial charge in [-0.15, -0.1) is 0 Å². The maximum Gasteiger partial charge on any atom is 0.223 e. The van der Waals surface area contributed by atoms with Gasteiger partial charge in [0.15, 0.2) is 11.6 Å². The molecule has 1 amide bonds. The molecular weight excluding hydrogens is 545 g/mol. The number of fused-ring (bicyclic) bond motifs is 1. The van der Waals surface area contributed by atoms with Crippen LogP contribution >= 0.6 is 0 Å². The van der Waals surface area contributed by atoms with Gasteiger partial charge in [-0.25, -0.2) is 14.4 Å². The summed E-state index contributed by atoms with van der Waals surface area (Å²) in [5.41, 5.74) is 9.64. The molecule has 3 aromatic heterocycles. The van der Waals surface area contributed by atoms with E-state index in [2.05, 4.69) is 15.3 Å². The summed E-state index contributed by atoms with van der Waals surface area (Å²) in [7, 11) is 3.46. The molecule has 5 aromatic rings. The average Bonchev–Trinajstić information content (AvgIpc) is 3.44. The average molecular weight is 582 g/mol. The number of ether oxygens (including phenoxy) is 1. The van der Waals surface area contributed by atoms with Crippen LogP contribution in [0.1, 0.15) is 43.3 Å². The fraction of sp³-hybridized carbons (Fsp3) is 0.273. The predicted octanol–water partition coefficient (Wildman–Crippen LogP) is 5.86. The second-order valence-corrected chi connectivity index (χ2v) is 10.5. The topological polar surface area (TPSA) is 111 Å². The smallest absolute Gasteiger partial charge is 0.223 e. The van der Waals surface area contributed by atoms with Crippen molar-refractivity contribution in [2.45, 2.75) is 39.3 Å². The highest BCUT2D eigenvalue weighted by atomic mass is 19.1. The van der Waals surface area contributed by atoms with Crippen LogP contribution in [0.4, 0.5) is 15.9 Å². The summed E-state index contributed by atoms with van der Waals surface area (Å²) in [6.45, 7) is 4.53. The number of amides is 1. The van der Waals surface area contributed by atoms with Gasteiger partial charge in [0, 0.05) is 74.0 Å². The highest BCUT2D eigenvalue weighted by Gasteiger charge is 2.27. The molecule has 0 saturated carbocycles. The number of imidazole rings is 1. The molecule has 1 unspecified atom stereocenters. The highest BCUT2D eigenvalue weighted by molar-refractivity contribution is 5.93. The van der Waals surface area contributed by atoms with Crippen LogP contribution in [0, 0.1) is 5.82 Å². The van der Waals surface area contributed by atoms with Gasteiger partial charge >= 0.3 is 0 Å². The first-order chi connectivity index (χ1) is 20.8. The molecule has 0 aliphatic heterocycles. The number of anilines is 2. The van der Waals surface area contributed by atoms with Crippen molar-refractivity contribution in [1.29, 1.82) is 0 Å². The molecule has 3 N–H and O–H groups in total. The van der Waals surface area contributed by atoms with E-state index in [1.54, 1.807) is 43.7 Å². The van der Waals surface area contributed by atoms with Gasteiger partial charge in [0.2, 0.25) is 5.91 Å². The van der Waals surface area contributed by atoms with E-state index >= 15 is 4.39 Å². The molecule has 0 aliphatic rings. The van der Waals surface area contributed by atoms with Crippen LogP contribution in [0.3, 0.4) is 0 Å². The number of nitrogens with two attached hydrogens (primary N) is 1. The maximum absolute atomic E-state index is 16.3. The minimum atomic E-state index is -0.734. The van der Waals surface area contributed by atoms with Gasteiger partial charge < -0.3 is 25.3 Å². The summed E-state index contributed by atoms with van der Waals surface area (Å²) in [5, 5.41) is 5.27. The van der Waals surface area contributed by atoms with Crippen LogP contribution in [0.25, 0.3) is 22.0 Å². The number of hydrogen-bond acceptors (Lipinski definition) is 7. The zero-order valence-electron chi connectivity index (χ0n) is 24.8. The number of carbonyl (C=O) groups is 1. The lowest BCUT2D eigenvalue weighted by atomic mass is 9.99. The molecule has 43 heavy (non-hydrogen) atoms. The predicted molar refractivity (Wildman–Crippen MR) is 167 cm³/mol. The lowest BCUT2D eigenvalue weighted by Crippen LogP contribution is -2.24. The molecule has 0 aliphatic carbocycles. The van der Waals surface area contributed by atoms with Crippen LogP contribution in [0.15, 0.2) is 73.3 Å². The van der Waals surface area contributed by atoms with Gasteiger partial charge in [0.25, 0.3) is 0 Å². The SMILES string of the molecule is CCOc1cc(CC)cc(C(Nc2ccc3c(N)nccc3c2)c2nc(-c3cccnc3)cn2CCC(=O)N(C)C)c1F. The monoisotopic (exact) mass is 581 g/mol. The normalized spacial score (nSPS) is 11.8. The minimum Gasteiger partial charge on any atom is -0.491 e. The first-order valence-electron chi connectivity index (χ1n) is 14.3. The Bertz CT molecular complexity index is 1740. The van der Waals surface area contributed by atoms with Gasteiger partial charge in [-0.05, 0) is 66.8 Å². The number of rotatable bonds is 11. The van der Waals surface area contributed by atoms with Crippen LogP contribution in [-0.2, 0) is 17.8 Å². The van der Waals surface area contributed by atoms with Crippen molar-refractivity contribution < 1.29 is 13.9 Å². The van der Waals surface area contributed by atoms with Crippen molar-refractivity contribution in [3.8, 4) is 17.0 Å². The van der Waals surface area contributed by atoms with Crippen LogP contribution < -0.4 is 15.8 Å². The molecule has 5 rings (SSSR count). The van der Waals surface area contributed by atoms with Crippen molar-refractivity contribution in [3.05, 3.63) is 96.1 Å². The Kier molecular flexibility index (Phi) is 8.85. The molecule has 0 fully saturated rings. The van der Waals surface area contributed by atoms with Gasteiger partial charge in [-0.3, -0.25) is 9.78 Å². The number of nitrogen functional groups attached to an aromatic ring is 1. The van der Waals surface area contributed by atoms with Crippen LogP contribution in [0.5, 0.6) is 5.75 Å². The molecule has 2 aromatic carbocycles. The molecule has 0 bridgehead atoms. The summed E-state index contributed by atoms with van der Waals surface area (Å²) in [5.74, 6) is 0.688. The second kappa shape index (κ2) is 12.9. The molecule has 0 spiro atoms. The number of hydrogen-bond donors (Lipinski definition) is 2. The number of nitrogens with one attached hydrogen (secondary N) is 1. The van der Waals surface area contributed by atoms with E-state index in [1.807, 2.05) is 67.1 Å². The summed E-state index contributed by atoms with van der Waals surface area (Å²) < 4.78 is 24.0. The zero-order valence-corrected chi connectivity index (χ0v) is 24.8. The molecule has 9 nitrogen and oxygen atoms in total. The second-order valence-electron chi connectivity index (χ2n) is 10.5. The summed E-state index contributed by atoms with van der Waals surface area (Å²) in [6.07, 6.45) is 7.92. The largest absolute Gasteiger partial charge is 0.491 e. The summed E-state index contributed by atoms with van der Waals surface area (Å²) >= 11 is 0. The minimum absolute atomic E-state index is 0.0226. The zero-order chi connectivity index (χ0) is 30.5. The molecular formula is C33H36FN7O2. The number of nitrogens with zero attached hydrogens (tertiary/aromatic N) is 5.